The molecule has 1 aromatic rings. The van der Waals surface area contributed by atoms with Crippen LogP contribution in [0.5, 0.6) is 0 Å². The predicted molar refractivity (Wildman–Crippen MR) is 79.0 cm³/mol. The van der Waals surface area contributed by atoms with Crippen LogP contribution < -0.4 is 0 Å². The van der Waals surface area contributed by atoms with Crippen LogP contribution in [-0.4, -0.2) is 11.7 Å². The molecular formula is C17H28O. The molecule has 0 amide bonds. The minimum atomic E-state index is 0.211. The molecule has 102 valence electrons. The van der Waals surface area contributed by atoms with Crippen molar-refractivity contribution in [2.75, 3.05) is 6.61 Å². The van der Waals surface area contributed by atoms with Gasteiger partial charge in [0.1, 0.15) is 0 Å². The fourth-order valence-corrected chi connectivity index (χ4v) is 2.40. The number of aliphatic hydroxyl groups is 1. The molecule has 0 aliphatic heterocycles. The van der Waals surface area contributed by atoms with Gasteiger partial charge in [0.15, 0.2) is 0 Å². The van der Waals surface area contributed by atoms with E-state index < -0.39 is 0 Å². The molecule has 0 aromatic heterocycles. The lowest BCUT2D eigenvalue weighted by atomic mass is 9.83. The summed E-state index contributed by atoms with van der Waals surface area (Å²) >= 11 is 0. The van der Waals surface area contributed by atoms with E-state index in [4.69, 9.17) is 0 Å². The van der Waals surface area contributed by atoms with E-state index in [1.165, 1.54) is 11.1 Å². The van der Waals surface area contributed by atoms with Gasteiger partial charge < -0.3 is 5.11 Å². The van der Waals surface area contributed by atoms with Crippen molar-refractivity contribution >= 4 is 0 Å². The minimum absolute atomic E-state index is 0.211. The van der Waals surface area contributed by atoms with E-state index in [-0.39, 0.29) is 12.0 Å². The van der Waals surface area contributed by atoms with Crippen molar-refractivity contribution < 1.29 is 5.11 Å². The van der Waals surface area contributed by atoms with E-state index >= 15 is 0 Å². The number of rotatable bonds is 5. The van der Waals surface area contributed by atoms with Crippen molar-refractivity contribution in [1.29, 1.82) is 0 Å². The fraction of sp³-hybridized carbons (Fsp3) is 0.647. The topological polar surface area (TPSA) is 20.2 Å². The van der Waals surface area contributed by atoms with Crippen molar-refractivity contribution in [3.63, 3.8) is 0 Å². The van der Waals surface area contributed by atoms with Gasteiger partial charge in [0, 0.05) is 6.61 Å². The average molecular weight is 248 g/mol. The molecule has 0 heterocycles. The molecule has 0 saturated heterocycles. The van der Waals surface area contributed by atoms with Gasteiger partial charge in [-0.2, -0.15) is 0 Å². The zero-order valence-electron chi connectivity index (χ0n) is 12.5. The Morgan fingerprint density at radius 3 is 2.00 bits per heavy atom. The summed E-state index contributed by atoms with van der Waals surface area (Å²) < 4.78 is 0. The first-order chi connectivity index (χ1) is 8.34. The van der Waals surface area contributed by atoms with Crippen LogP contribution in [-0.2, 0) is 5.41 Å². The maximum atomic E-state index is 9.19. The van der Waals surface area contributed by atoms with Crippen LogP contribution in [0.25, 0.3) is 0 Å². The molecule has 1 aromatic carbocycles. The fourth-order valence-electron chi connectivity index (χ4n) is 2.40. The van der Waals surface area contributed by atoms with Crippen LogP contribution >= 0.6 is 0 Å². The first-order valence-corrected chi connectivity index (χ1v) is 7.06. The molecule has 18 heavy (non-hydrogen) atoms. The summed E-state index contributed by atoms with van der Waals surface area (Å²) in [6, 6.07) is 8.95. The molecule has 0 radical (unpaired) electrons. The van der Waals surface area contributed by atoms with E-state index in [0.717, 1.165) is 12.8 Å². The highest BCUT2D eigenvalue weighted by molar-refractivity contribution is 5.29. The molecule has 0 spiro atoms. The maximum absolute atomic E-state index is 9.19. The largest absolute Gasteiger partial charge is 0.396 e. The van der Waals surface area contributed by atoms with Crippen molar-refractivity contribution in [3.8, 4) is 0 Å². The zero-order valence-corrected chi connectivity index (χ0v) is 12.5. The van der Waals surface area contributed by atoms with Gasteiger partial charge in [-0.05, 0) is 41.2 Å². The standard InChI is InChI=1S/C17H28O/c1-13(2)12-15(10-11-18)14-6-8-16(9-7-14)17(3,4)5/h6-9,13,15,18H,10-12H2,1-5H3. The molecule has 0 bridgehead atoms. The predicted octanol–water partition coefficient (Wildman–Crippen LogP) is 4.50. The molecule has 1 N–H and O–H groups in total. The zero-order chi connectivity index (χ0) is 13.8. The third-order valence-corrected chi connectivity index (χ3v) is 3.48. The minimum Gasteiger partial charge on any atom is -0.396 e. The van der Waals surface area contributed by atoms with Gasteiger partial charge in [-0.15, -0.1) is 0 Å². The number of benzene rings is 1. The van der Waals surface area contributed by atoms with Gasteiger partial charge in [0.05, 0.1) is 0 Å². The van der Waals surface area contributed by atoms with Crippen LogP contribution in [0.1, 0.15) is 64.5 Å². The Bertz CT molecular complexity index is 343. The molecule has 0 fully saturated rings. The van der Waals surface area contributed by atoms with Gasteiger partial charge in [0.2, 0.25) is 0 Å². The molecule has 1 atom stereocenters. The SMILES string of the molecule is CC(C)CC(CCO)c1ccc(C(C)(C)C)cc1. The van der Waals surface area contributed by atoms with Crippen LogP contribution in [0.3, 0.4) is 0 Å². The first-order valence-electron chi connectivity index (χ1n) is 7.06. The second kappa shape index (κ2) is 6.38. The normalized spacial score (nSPS) is 13.9. The first kappa shape index (κ1) is 15.2. The second-order valence-electron chi connectivity index (χ2n) is 6.71. The van der Waals surface area contributed by atoms with E-state index in [0.29, 0.717) is 11.8 Å². The Morgan fingerprint density at radius 2 is 1.61 bits per heavy atom. The molecule has 0 aliphatic carbocycles. The summed E-state index contributed by atoms with van der Waals surface area (Å²) in [5.41, 5.74) is 2.95. The Hall–Kier alpha value is -0.820. The van der Waals surface area contributed by atoms with E-state index in [1.807, 2.05) is 0 Å². The molecule has 0 aliphatic rings. The van der Waals surface area contributed by atoms with Gasteiger partial charge in [0.25, 0.3) is 0 Å². The third kappa shape index (κ3) is 4.45. The van der Waals surface area contributed by atoms with Crippen LogP contribution in [0, 0.1) is 5.92 Å². The summed E-state index contributed by atoms with van der Waals surface area (Å²) in [6.07, 6.45) is 2.02. The third-order valence-electron chi connectivity index (χ3n) is 3.48. The number of aliphatic hydroxyl groups excluding tert-OH is 1. The van der Waals surface area contributed by atoms with Crippen LogP contribution in [0.15, 0.2) is 24.3 Å². The molecule has 1 heteroatoms. The Morgan fingerprint density at radius 1 is 1.06 bits per heavy atom. The molecular weight excluding hydrogens is 220 g/mol. The van der Waals surface area contributed by atoms with Crippen molar-refractivity contribution in [2.45, 2.75) is 58.8 Å². The van der Waals surface area contributed by atoms with Crippen LogP contribution in [0.2, 0.25) is 0 Å². The summed E-state index contributed by atoms with van der Waals surface area (Å²) in [4.78, 5) is 0. The highest BCUT2D eigenvalue weighted by atomic mass is 16.3. The highest BCUT2D eigenvalue weighted by Gasteiger charge is 2.16. The number of hydrogen-bond donors (Lipinski definition) is 1. The quantitative estimate of drug-likeness (QED) is 0.813. The Balaban J connectivity index is 2.86. The van der Waals surface area contributed by atoms with Gasteiger partial charge in [-0.1, -0.05) is 58.9 Å². The average Bonchev–Trinajstić information content (AvgIpc) is 2.27. The van der Waals surface area contributed by atoms with Crippen molar-refractivity contribution in [2.24, 2.45) is 5.92 Å². The highest BCUT2D eigenvalue weighted by Crippen LogP contribution is 2.29. The van der Waals surface area contributed by atoms with Gasteiger partial charge in [-0.3, -0.25) is 0 Å². The monoisotopic (exact) mass is 248 g/mol. The van der Waals surface area contributed by atoms with Crippen molar-refractivity contribution in [3.05, 3.63) is 35.4 Å². The van der Waals surface area contributed by atoms with E-state index in [9.17, 15) is 5.11 Å². The molecule has 0 saturated carbocycles. The smallest absolute Gasteiger partial charge is 0.0436 e. The summed E-state index contributed by atoms with van der Waals surface area (Å²) in [7, 11) is 0. The number of hydrogen-bond acceptors (Lipinski definition) is 1. The lowest BCUT2D eigenvalue weighted by Gasteiger charge is -2.22. The van der Waals surface area contributed by atoms with Crippen molar-refractivity contribution in [1.82, 2.24) is 0 Å². The lowest BCUT2D eigenvalue weighted by molar-refractivity contribution is 0.267. The summed E-state index contributed by atoms with van der Waals surface area (Å²) in [5, 5.41) is 9.19. The maximum Gasteiger partial charge on any atom is 0.0436 e. The van der Waals surface area contributed by atoms with Gasteiger partial charge >= 0.3 is 0 Å². The Labute approximate surface area is 112 Å². The molecule has 1 rings (SSSR count). The second-order valence-corrected chi connectivity index (χ2v) is 6.71. The Kier molecular flexibility index (Phi) is 5.40. The summed E-state index contributed by atoms with van der Waals surface area (Å²) in [6.45, 7) is 11.5. The lowest BCUT2D eigenvalue weighted by Crippen LogP contribution is -2.11. The van der Waals surface area contributed by atoms with Crippen LogP contribution in [0.4, 0.5) is 0 Å². The van der Waals surface area contributed by atoms with E-state index in [2.05, 4.69) is 58.9 Å². The van der Waals surface area contributed by atoms with Gasteiger partial charge in [-0.25, -0.2) is 0 Å². The molecule has 1 unspecified atom stereocenters. The van der Waals surface area contributed by atoms with E-state index in [1.54, 1.807) is 0 Å². The summed E-state index contributed by atoms with van der Waals surface area (Å²) in [5.74, 6) is 1.16. The molecule has 1 nitrogen and oxygen atoms in total.